The molecule has 1 saturated heterocycles. The van der Waals surface area contributed by atoms with Crippen LogP contribution in [-0.2, 0) is 11.3 Å². The Morgan fingerprint density at radius 1 is 1.15 bits per heavy atom. The summed E-state index contributed by atoms with van der Waals surface area (Å²) in [6.07, 6.45) is 1.53. The summed E-state index contributed by atoms with van der Waals surface area (Å²) in [5.74, 6) is 1.09. The van der Waals surface area contributed by atoms with E-state index in [0.717, 1.165) is 18.7 Å². The fraction of sp³-hybridized carbons (Fsp3) is 0.357. The van der Waals surface area contributed by atoms with Gasteiger partial charge in [0.05, 0.1) is 13.2 Å². The van der Waals surface area contributed by atoms with Crippen molar-refractivity contribution in [3.05, 3.63) is 42.1 Å². The lowest BCUT2D eigenvalue weighted by Gasteiger charge is -2.26. The summed E-state index contributed by atoms with van der Waals surface area (Å²) in [6, 6.07) is 9.97. The van der Waals surface area contributed by atoms with Gasteiger partial charge in [0.1, 0.15) is 12.8 Å². The molecular weight excluding hydrogens is 256 g/mol. The highest BCUT2D eigenvalue weighted by Crippen LogP contribution is 2.13. The fourth-order valence-electron chi connectivity index (χ4n) is 1.98. The Hall–Kier alpha value is -2.21. The summed E-state index contributed by atoms with van der Waals surface area (Å²) >= 11 is 0. The predicted molar refractivity (Wildman–Crippen MR) is 73.6 cm³/mol. The predicted octanol–water partition coefficient (Wildman–Crippen LogP) is 1.29. The van der Waals surface area contributed by atoms with E-state index in [9.17, 15) is 0 Å². The van der Waals surface area contributed by atoms with Crippen LogP contribution in [0.5, 0.6) is 5.88 Å². The van der Waals surface area contributed by atoms with Gasteiger partial charge >= 0.3 is 0 Å². The molecule has 0 spiro atoms. The molecule has 6 nitrogen and oxygen atoms in total. The van der Waals surface area contributed by atoms with Crippen LogP contribution < -0.4 is 9.64 Å². The number of hydrogen-bond donors (Lipinski definition) is 0. The van der Waals surface area contributed by atoms with E-state index in [2.05, 4.69) is 15.2 Å². The highest BCUT2D eigenvalue weighted by atomic mass is 16.5. The molecule has 1 fully saturated rings. The third-order valence-corrected chi connectivity index (χ3v) is 3.05. The molecule has 2 aromatic rings. The van der Waals surface area contributed by atoms with Gasteiger partial charge in [-0.15, -0.1) is 10.2 Å². The van der Waals surface area contributed by atoms with Gasteiger partial charge in [0.2, 0.25) is 11.8 Å². The van der Waals surface area contributed by atoms with E-state index in [-0.39, 0.29) is 0 Å². The van der Waals surface area contributed by atoms with Crippen LogP contribution in [0.1, 0.15) is 5.56 Å². The van der Waals surface area contributed by atoms with Gasteiger partial charge in [-0.05, 0) is 5.56 Å². The number of benzene rings is 1. The molecule has 1 aliphatic heterocycles. The Kier molecular flexibility index (Phi) is 4.03. The molecular formula is C14H16N4O2. The van der Waals surface area contributed by atoms with Gasteiger partial charge in [0.15, 0.2) is 0 Å². The number of anilines is 1. The van der Waals surface area contributed by atoms with Crippen molar-refractivity contribution < 1.29 is 9.47 Å². The quantitative estimate of drug-likeness (QED) is 0.835. The molecule has 0 aliphatic carbocycles. The molecule has 0 amide bonds. The van der Waals surface area contributed by atoms with Gasteiger partial charge in [0.25, 0.3) is 0 Å². The van der Waals surface area contributed by atoms with Crippen molar-refractivity contribution in [2.24, 2.45) is 0 Å². The zero-order valence-electron chi connectivity index (χ0n) is 11.1. The monoisotopic (exact) mass is 272 g/mol. The molecule has 3 rings (SSSR count). The van der Waals surface area contributed by atoms with Crippen LogP contribution in [0.25, 0.3) is 0 Å². The van der Waals surface area contributed by atoms with Crippen molar-refractivity contribution in [3.8, 4) is 5.88 Å². The highest BCUT2D eigenvalue weighted by molar-refractivity contribution is 5.30. The first kappa shape index (κ1) is 12.8. The minimum absolute atomic E-state index is 0.474. The fourth-order valence-corrected chi connectivity index (χ4v) is 1.98. The summed E-state index contributed by atoms with van der Waals surface area (Å²) in [4.78, 5) is 6.43. The summed E-state index contributed by atoms with van der Waals surface area (Å²) in [5, 5.41) is 8.00. The molecule has 0 unspecified atom stereocenters. The number of morpholine rings is 1. The maximum Gasteiger partial charge on any atom is 0.248 e. The second-order valence-corrected chi connectivity index (χ2v) is 4.47. The Bertz CT molecular complexity index is 544. The van der Waals surface area contributed by atoms with E-state index in [4.69, 9.17) is 9.47 Å². The Morgan fingerprint density at radius 2 is 1.95 bits per heavy atom. The van der Waals surface area contributed by atoms with Crippen molar-refractivity contribution >= 4 is 5.95 Å². The second kappa shape index (κ2) is 6.29. The van der Waals surface area contributed by atoms with E-state index >= 15 is 0 Å². The Morgan fingerprint density at radius 3 is 2.75 bits per heavy atom. The third kappa shape index (κ3) is 3.21. The maximum absolute atomic E-state index is 5.65. The largest absolute Gasteiger partial charge is 0.472 e. The average Bonchev–Trinajstić information content (AvgIpc) is 2.55. The maximum atomic E-state index is 5.65. The zero-order valence-corrected chi connectivity index (χ0v) is 11.1. The van der Waals surface area contributed by atoms with Gasteiger partial charge in [0, 0.05) is 13.1 Å². The Balaban J connectivity index is 1.65. The number of nitrogens with zero attached hydrogens (tertiary/aromatic N) is 4. The standard InChI is InChI=1S/C14H16N4O2/c1-2-4-12(5-3-1)11-20-13-10-15-17-14(16-13)18-6-8-19-9-7-18/h1-5,10H,6-9,11H2. The molecule has 0 bridgehead atoms. The summed E-state index contributed by atoms with van der Waals surface area (Å²) in [7, 11) is 0. The number of ether oxygens (including phenoxy) is 2. The molecule has 0 radical (unpaired) electrons. The van der Waals surface area contributed by atoms with Crippen molar-refractivity contribution in [1.29, 1.82) is 0 Å². The zero-order chi connectivity index (χ0) is 13.6. The van der Waals surface area contributed by atoms with Gasteiger partial charge in [-0.2, -0.15) is 4.98 Å². The van der Waals surface area contributed by atoms with Gasteiger partial charge in [-0.3, -0.25) is 0 Å². The van der Waals surface area contributed by atoms with E-state index in [0.29, 0.717) is 31.6 Å². The summed E-state index contributed by atoms with van der Waals surface area (Å²) in [5.41, 5.74) is 1.10. The van der Waals surface area contributed by atoms with E-state index < -0.39 is 0 Å². The van der Waals surface area contributed by atoms with Crippen molar-refractivity contribution in [2.75, 3.05) is 31.2 Å². The first-order valence-corrected chi connectivity index (χ1v) is 6.61. The van der Waals surface area contributed by atoms with E-state index in [1.165, 1.54) is 6.20 Å². The van der Waals surface area contributed by atoms with Crippen LogP contribution in [-0.4, -0.2) is 41.5 Å². The third-order valence-electron chi connectivity index (χ3n) is 3.05. The van der Waals surface area contributed by atoms with Gasteiger partial charge in [-0.1, -0.05) is 30.3 Å². The summed E-state index contributed by atoms with van der Waals surface area (Å²) in [6.45, 7) is 3.42. The topological polar surface area (TPSA) is 60.4 Å². The van der Waals surface area contributed by atoms with E-state index in [1.54, 1.807) is 0 Å². The Labute approximate surface area is 117 Å². The van der Waals surface area contributed by atoms with Crippen molar-refractivity contribution in [2.45, 2.75) is 6.61 Å². The molecule has 6 heteroatoms. The molecule has 0 atom stereocenters. The van der Waals surface area contributed by atoms with Crippen LogP contribution in [0.3, 0.4) is 0 Å². The minimum atomic E-state index is 0.474. The first-order chi connectivity index (χ1) is 9.92. The van der Waals surface area contributed by atoms with Crippen LogP contribution in [0.15, 0.2) is 36.5 Å². The van der Waals surface area contributed by atoms with Crippen LogP contribution in [0, 0.1) is 0 Å². The molecule has 0 N–H and O–H groups in total. The molecule has 1 aliphatic rings. The molecule has 104 valence electrons. The van der Waals surface area contributed by atoms with E-state index in [1.807, 2.05) is 35.2 Å². The van der Waals surface area contributed by atoms with Crippen molar-refractivity contribution in [3.63, 3.8) is 0 Å². The normalized spacial score (nSPS) is 15.1. The second-order valence-electron chi connectivity index (χ2n) is 4.47. The summed E-state index contributed by atoms with van der Waals surface area (Å²) < 4.78 is 11.0. The van der Waals surface area contributed by atoms with Gasteiger partial charge < -0.3 is 14.4 Å². The number of hydrogen-bond acceptors (Lipinski definition) is 6. The lowest BCUT2D eigenvalue weighted by Crippen LogP contribution is -2.37. The number of aromatic nitrogens is 3. The van der Waals surface area contributed by atoms with Crippen molar-refractivity contribution in [1.82, 2.24) is 15.2 Å². The number of rotatable bonds is 4. The molecule has 2 heterocycles. The first-order valence-electron chi connectivity index (χ1n) is 6.61. The molecule has 0 saturated carbocycles. The lowest BCUT2D eigenvalue weighted by molar-refractivity contribution is 0.121. The molecule has 1 aromatic carbocycles. The molecule has 20 heavy (non-hydrogen) atoms. The van der Waals surface area contributed by atoms with Crippen LogP contribution in [0.2, 0.25) is 0 Å². The smallest absolute Gasteiger partial charge is 0.248 e. The highest BCUT2D eigenvalue weighted by Gasteiger charge is 2.14. The SMILES string of the molecule is c1ccc(COc2cnnc(N3CCOCC3)n2)cc1. The van der Waals surface area contributed by atoms with Crippen LogP contribution >= 0.6 is 0 Å². The van der Waals surface area contributed by atoms with Crippen LogP contribution in [0.4, 0.5) is 5.95 Å². The van der Waals surface area contributed by atoms with Gasteiger partial charge in [-0.25, -0.2) is 0 Å². The minimum Gasteiger partial charge on any atom is -0.472 e. The average molecular weight is 272 g/mol. The lowest BCUT2D eigenvalue weighted by atomic mass is 10.2. The molecule has 1 aromatic heterocycles.